The molecule has 0 unspecified atom stereocenters. The van der Waals surface area contributed by atoms with E-state index in [0.29, 0.717) is 12.2 Å². The van der Waals surface area contributed by atoms with Crippen LogP contribution in [0.2, 0.25) is 0 Å². The van der Waals surface area contributed by atoms with E-state index in [1.165, 1.54) is 0 Å². The number of carbonyl (C=O) groups is 1. The van der Waals surface area contributed by atoms with Crippen molar-refractivity contribution in [3.05, 3.63) is 30.0 Å². The Morgan fingerprint density at radius 1 is 1.47 bits per heavy atom. The van der Waals surface area contributed by atoms with Crippen LogP contribution in [0.3, 0.4) is 0 Å². The van der Waals surface area contributed by atoms with Gasteiger partial charge in [0.1, 0.15) is 0 Å². The predicted octanol–water partition coefficient (Wildman–Crippen LogP) is 1.70. The molecule has 0 atom stereocenters. The lowest BCUT2D eigenvalue weighted by molar-refractivity contribution is 0.0950. The highest BCUT2D eigenvalue weighted by atomic mass is 16.1. The smallest absolute Gasteiger partial charge is 0.272 e. The summed E-state index contributed by atoms with van der Waals surface area (Å²) in [5.41, 5.74) is 1.36. The molecule has 2 aromatic rings. The molecule has 0 saturated heterocycles. The lowest BCUT2D eigenvalue weighted by Gasteiger charge is -1.99. The number of nitrogens with zero attached hydrogens (tertiary/aromatic N) is 1. The van der Waals surface area contributed by atoms with Gasteiger partial charge in [-0.3, -0.25) is 9.89 Å². The number of fused-ring (bicyclic) bond motifs is 1. The minimum atomic E-state index is -0.116. The van der Waals surface area contributed by atoms with E-state index in [9.17, 15) is 4.79 Å². The molecule has 0 radical (unpaired) electrons. The van der Waals surface area contributed by atoms with E-state index in [1.54, 1.807) is 0 Å². The third kappa shape index (κ3) is 1.83. The second-order valence-corrected chi connectivity index (χ2v) is 3.37. The minimum absolute atomic E-state index is 0.116. The number of hydrogen-bond acceptors (Lipinski definition) is 2. The molecule has 0 aliphatic heterocycles. The van der Waals surface area contributed by atoms with Crippen LogP contribution >= 0.6 is 0 Å². The largest absolute Gasteiger partial charge is 0.351 e. The first kappa shape index (κ1) is 9.71. The maximum absolute atomic E-state index is 11.7. The van der Waals surface area contributed by atoms with Crippen molar-refractivity contribution in [1.29, 1.82) is 0 Å². The summed E-state index contributed by atoms with van der Waals surface area (Å²) in [6.45, 7) is 2.70. The number of hydrogen-bond donors (Lipinski definition) is 2. The van der Waals surface area contributed by atoms with Gasteiger partial charge in [0, 0.05) is 11.9 Å². The molecule has 1 aromatic carbocycles. The first-order valence-corrected chi connectivity index (χ1v) is 5.04. The Bertz CT molecular complexity index is 475. The molecular weight excluding hydrogens is 190 g/mol. The Balaban J connectivity index is 2.31. The summed E-state index contributed by atoms with van der Waals surface area (Å²) < 4.78 is 0. The van der Waals surface area contributed by atoms with Gasteiger partial charge in [0.2, 0.25) is 0 Å². The van der Waals surface area contributed by atoms with Crippen molar-refractivity contribution >= 4 is 16.8 Å². The minimum Gasteiger partial charge on any atom is -0.351 e. The molecule has 0 spiro atoms. The van der Waals surface area contributed by atoms with Gasteiger partial charge in [0.05, 0.1) is 5.52 Å². The van der Waals surface area contributed by atoms with Gasteiger partial charge in [-0.2, -0.15) is 5.10 Å². The van der Waals surface area contributed by atoms with Crippen LogP contribution in [-0.2, 0) is 0 Å². The average molecular weight is 203 g/mol. The Hall–Kier alpha value is -1.84. The van der Waals surface area contributed by atoms with E-state index in [4.69, 9.17) is 0 Å². The summed E-state index contributed by atoms with van der Waals surface area (Å²) in [6, 6.07) is 7.60. The highest BCUT2D eigenvalue weighted by Crippen LogP contribution is 2.14. The quantitative estimate of drug-likeness (QED) is 0.797. The molecule has 1 aromatic heterocycles. The normalized spacial score (nSPS) is 10.5. The van der Waals surface area contributed by atoms with Gasteiger partial charge in [0.25, 0.3) is 5.91 Å². The van der Waals surface area contributed by atoms with Gasteiger partial charge in [-0.1, -0.05) is 25.1 Å². The highest BCUT2D eigenvalue weighted by molar-refractivity contribution is 6.04. The summed E-state index contributed by atoms with van der Waals surface area (Å²) in [7, 11) is 0. The van der Waals surface area contributed by atoms with E-state index >= 15 is 0 Å². The maximum atomic E-state index is 11.7. The molecule has 2 N–H and O–H groups in total. The molecule has 78 valence electrons. The van der Waals surface area contributed by atoms with E-state index in [-0.39, 0.29) is 5.91 Å². The van der Waals surface area contributed by atoms with Crippen LogP contribution in [0.1, 0.15) is 23.8 Å². The number of aromatic amines is 1. The van der Waals surface area contributed by atoms with Crippen molar-refractivity contribution in [3.63, 3.8) is 0 Å². The van der Waals surface area contributed by atoms with Crippen molar-refractivity contribution in [2.75, 3.05) is 6.54 Å². The number of H-pyrrole nitrogens is 1. The molecule has 0 aliphatic rings. The van der Waals surface area contributed by atoms with Crippen LogP contribution in [0.25, 0.3) is 10.9 Å². The summed E-state index contributed by atoms with van der Waals surface area (Å²) in [4.78, 5) is 11.7. The SMILES string of the molecule is CCCNC(=O)c1n[nH]c2ccccc12. The van der Waals surface area contributed by atoms with Crippen LogP contribution < -0.4 is 5.32 Å². The molecule has 0 saturated carbocycles. The van der Waals surface area contributed by atoms with Gasteiger partial charge in [-0.15, -0.1) is 0 Å². The van der Waals surface area contributed by atoms with E-state index in [2.05, 4.69) is 15.5 Å². The van der Waals surface area contributed by atoms with Gasteiger partial charge in [-0.25, -0.2) is 0 Å². The van der Waals surface area contributed by atoms with Crippen molar-refractivity contribution < 1.29 is 4.79 Å². The molecule has 4 nitrogen and oxygen atoms in total. The topological polar surface area (TPSA) is 57.8 Å². The van der Waals surface area contributed by atoms with Gasteiger partial charge < -0.3 is 5.32 Å². The number of amides is 1. The Morgan fingerprint density at radius 2 is 2.27 bits per heavy atom. The summed E-state index contributed by atoms with van der Waals surface area (Å²) in [5.74, 6) is -0.116. The first-order valence-electron chi connectivity index (χ1n) is 5.04. The van der Waals surface area contributed by atoms with Crippen LogP contribution in [0.5, 0.6) is 0 Å². The number of aromatic nitrogens is 2. The fraction of sp³-hybridized carbons (Fsp3) is 0.273. The summed E-state index contributed by atoms with van der Waals surface area (Å²) in [5, 5.41) is 10.5. The number of nitrogens with one attached hydrogen (secondary N) is 2. The Labute approximate surface area is 87.7 Å². The Morgan fingerprint density at radius 3 is 3.07 bits per heavy atom. The lowest BCUT2D eigenvalue weighted by atomic mass is 10.2. The van der Waals surface area contributed by atoms with E-state index in [0.717, 1.165) is 17.3 Å². The maximum Gasteiger partial charge on any atom is 0.272 e. The van der Waals surface area contributed by atoms with Crippen LogP contribution in [-0.4, -0.2) is 22.6 Å². The summed E-state index contributed by atoms with van der Waals surface area (Å²) >= 11 is 0. The van der Waals surface area contributed by atoms with Gasteiger partial charge >= 0.3 is 0 Å². The molecule has 1 heterocycles. The molecule has 15 heavy (non-hydrogen) atoms. The third-order valence-corrected chi connectivity index (χ3v) is 2.22. The fourth-order valence-corrected chi connectivity index (χ4v) is 1.46. The Kier molecular flexibility index (Phi) is 2.67. The molecular formula is C11H13N3O. The van der Waals surface area contributed by atoms with Crippen molar-refractivity contribution in [2.45, 2.75) is 13.3 Å². The monoisotopic (exact) mass is 203 g/mol. The third-order valence-electron chi connectivity index (χ3n) is 2.22. The number of para-hydroxylation sites is 1. The van der Waals surface area contributed by atoms with Gasteiger partial charge in [-0.05, 0) is 12.5 Å². The average Bonchev–Trinajstić information content (AvgIpc) is 2.69. The van der Waals surface area contributed by atoms with Crippen LogP contribution in [0, 0.1) is 0 Å². The molecule has 0 aliphatic carbocycles. The number of carbonyl (C=O) groups excluding carboxylic acids is 1. The molecule has 4 heteroatoms. The first-order chi connectivity index (χ1) is 7.33. The van der Waals surface area contributed by atoms with Gasteiger partial charge in [0.15, 0.2) is 5.69 Å². The van der Waals surface area contributed by atoms with Crippen molar-refractivity contribution in [3.8, 4) is 0 Å². The zero-order chi connectivity index (χ0) is 10.7. The van der Waals surface area contributed by atoms with Crippen molar-refractivity contribution in [1.82, 2.24) is 15.5 Å². The van der Waals surface area contributed by atoms with Crippen LogP contribution in [0.4, 0.5) is 0 Å². The second-order valence-electron chi connectivity index (χ2n) is 3.37. The molecule has 0 bridgehead atoms. The molecule has 2 rings (SSSR count). The number of rotatable bonds is 3. The number of benzene rings is 1. The van der Waals surface area contributed by atoms with Crippen LogP contribution in [0.15, 0.2) is 24.3 Å². The zero-order valence-corrected chi connectivity index (χ0v) is 8.58. The highest BCUT2D eigenvalue weighted by Gasteiger charge is 2.12. The summed E-state index contributed by atoms with van der Waals surface area (Å²) in [6.07, 6.45) is 0.925. The predicted molar refractivity (Wildman–Crippen MR) is 58.7 cm³/mol. The zero-order valence-electron chi connectivity index (χ0n) is 8.58. The second kappa shape index (κ2) is 4.13. The lowest BCUT2D eigenvalue weighted by Crippen LogP contribution is -2.24. The van der Waals surface area contributed by atoms with Crippen molar-refractivity contribution in [2.24, 2.45) is 0 Å². The van der Waals surface area contributed by atoms with E-state index < -0.39 is 0 Å². The fourth-order valence-electron chi connectivity index (χ4n) is 1.46. The van der Waals surface area contributed by atoms with E-state index in [1.807, 2.05) is 31.2 Å². The molecule has 0 fully saturated rings. The standard InChI is InChI=1S/C11H13N3O/c1-2-7-12-11(15)10-8-5-3-4-6-9(8)13-14-10/h3-6H,2,7H2,1H3,(H,12,15)(H,13,14). The molecule has 1 amide bonds.